The summed E-state index contributed by atoms with van der Waals surface area (Å²) in [6, 6.07) is 9.77. The third-order valence-corrected chi connectivity index (χ3v) is 4.89. The molecule has 0 saturated carbocycles. The Kier molecular flexibility index (Phi) is 6.26. The maximum Gasteiger partial charge on any atom is 0.234 e. The lowest BCUT2D eigenvalue weighted by Gasteiger charge is -2.10. The highest BCUT2D eigenvalue weighted by molar-refractivity contribution is 7.99. The van der Waals surface area contributed by atoms with Gasteiger partial charge in [0.15, 0.2) is 11.0 Å². The van der Waals surface area contributed by atoms with Crippen LogP contribution in [0.5, 0.6) is 0 Å². The van der Waals surface area contributed by atoms with E-state index in [9.17, 15) is 4.79 Å². The topological polar surface area (TPSA) is 72.7 Å². The summed E-state index contributed by atoms with van der Waals surface area (Å²) in [6.45, 7) is 10.6. The van der Waals surface area contributed by atoms with E-state index in [0.717, 1.165) is 33.8 Å². The van der Waals surface area contributed by atoms with E-state index in [0.29, 0.717) is 11.7 Å². The fourth-order valence-electron chi connectivity index (χ4n) is 2.90. The van der Waals surface area contributed by atoms with E-state index in [4.69, 9.17) is 0 Å². The number of aryl methyl sites for hydroxylation is 2. The molecule has 0 fully saturated rings. The Morgan fingerprint density at radius 2 is 1.82 bits per heavy atom. The molecule has 1 amide bonds. The van der Waals surface area contributed by atoms with Gasteiger partial charge in [-0.1, -0.05) is 30.0 Å². The molecule has 2 heterocycles. The molecule has 2 aromatic heterocycles. The van der Waals surface area contributed by atoms with Crippen molar-refractivity contribution in [2.75, 3.05) is 11.1 Å². The van der Waals surface area contributed by atoms with Gasteiger partial charge in [0.25, 0.3) is 0 Å². The highest BCUT2D eigenvalue weighted by Crippen LogP contribution is 2.25. The van der Waals surface area contributed by atoms with Gasteiger partial charge >= 0.3 is 0 Å². The van der Waals surface area contributed by atoms with E-state index in [-0.39, 0.29) is 11.7 Å². The second kappa shape index (κ2) is 8.84. The summed E-state index contributed by atoms with van der Waals surface area (Å²) in [6.07, 6.45) is 3.44. The lowest BCUT2D eigenvalue weighted by molar-refractivity contribution is -0.113. The Balaban J connectivity index is 1.74. The van der Waals surface area contributed by atoms with Crippen LogP contribution >= 0.6 is 11.8 Å². The summed E-state index contributed by atoms with van der Waals surface area (Å²) in [5.41, 5.74) is 4.95. The Bertz CT molecular complexity index is 977. The van der Waals surface area contributed by atoms with Crippen LogP contribution in [-0.4, -0.2) is 31.4 Å². The van der Waals surface area contributed by atoms with Crippen molar-refractivity contribution in [3.63, 3.8) is 0 Å². The number of amides is 1. The summed E-state index contributed by atoms with van der Waals surface area (Å²) in [5.74, 6) is 0.908. The van der Waals surface area contributed by atoms with Gasteiger partial charge in [0.2, 0.25) is 5.91 Å². The summed E-state index contributed by atoms with van der Waals surface area (Å²) >= 11 is 1.36. The molecule has 0 aliphatic carbocycles. The molecule has 0 saturated heterocycles. The third-order valence-electron chi connectivity index (χ3n) is 3.92. The van der Waals surface area contributed by atoms with Crippen LogP contribution in [0.1, 0.15) is 18.1 Å². The Morgan fingerprint density at radius 1 is 1.14 bits per heavy atom. The van der Waals surface area contributed by atoms with Gasteiger partial charge in [0.1, 0.15) is 0 Å². The van der Waals surface area contributed by atoms with Crippen molar-refractivity contribution in [1.82, 2.24) is 19.7 Å². The largest absolute Gasteiger partial charge is 0.325 e. The third kappa shape index (κ3) is 5.07. The fourth-order valence-corrected chi connectivity index (χ4v) is 3.63. The zero-order valence-corrected chi connectivity index (χ0v) is 17.1. The van der Waals surface area contributed by atoms with E-state index in [1.165, 1.54) is 11.8 Å². The number of pyridine rings is 1. The number of hydrogen-bond acceptors (Lipinski definition) is 5. The smallest absolute Gasteiger partial charge is 0.234 e. The monoisotopic (exact) mass is 393 g/mol. The second-order valence-corrected chi connectivity index (χ2v) is 7.74. The number of allylic oxidation sites excluding steroid dienone is 1. The number of nitrogens with one attached hydrogen (secondary N) is 1. The molecule has 144 valence electrons. The number of carbonyl (C=O) groups is 1. The molecule has 1 N–H and O–H groups in total. The molecule has 0 bridgehead atoms. The predicted molar refractivity (Wildman–Crippen MR) is 113 cm³/mol. The van der Waals surface area contributed by atoms with Gasteiger partial charge in [-0.2, -0.15) is 0 Å². The van der Waals surface area contributed by atoms with Gasteiger partial charge in [-0.25, -0.2) is 0 Å². The van der Waals surface area contributed by atoms with Crippen molar-refractivity contribution >= 4 is 23.4 Å². The highest BCUT2D eigenvalue weighted by Gasteiger charge is 2.16. The fraction of sp³-hybridized carbons (Fsp3) is 0.238. The van der Waals surface area contributed by atoms with E-state index in [1.54, 1.807) is 12.4 Å². The van der Waals surface area contributed by atoms with Crippen LogP contribution in [-0.2, 0) is 11.3 Å². The zero-order valence-electron chi connectivity index (χ0n) is 16.3. The molecule has 0 atom stereocenters. The van der Waals surface area contributed by atoms with Crippen molar-refractivity contribution < 1.29 is 4.79 Å². The van der Waals surface area contributed by atoms with Gasteiger partial charge in [-0.15, -0.1) is 10.2 Å². The average molecular weight is 394 g/mol. The minimum Gasteiger partial charge on any atom is -0.325 e. The van der Waals surface area contributed by atoms with E-state index in [1.807, 2.05) is 49.6 Å². The highest BCUT2D eigenvalue weighted by atomic mass is 32.2. The molecular formula is C21H23N5OS. The Hall–Kier alpha value is -2.93. The number of nitrogens with zero attached hydrogens (tertiary/aromatic N) is 4. The number of carbonyl (C=O) groups excluding carboxylic acids is 1. The standard InChI is InChI=1S/C21H23N5OS/c1-14(2)12-26-20(17-5-7-22-8-6-17)24-25-21(26)28-13-19(27)23-18-10-15(3)9-16(4)11-18/h5-11H,1,12-13H2,2-4H3,(H,23,27). The minimum absolute atomic E-state index is 0.0784. The van der Waals surface area contributed by atoms with E-state index < -0.39 is 0 Å². The first-order chi connectivity index (χ1) is 13.4. The van der Waals surface area contributed by atoms with Crippen molar-refractivity contribution in [3.05, 3.63) is 66.0 Å². The number of rotatable bonds is 7. The summed E-state index contributed by atoms with van der Waals surface area (Å²) in [5, 5.41) is 12.2. The second-order valence-electron chi connectivity index (χ2n) is 6.80. The lowest BCUT2D eigenvalue weighted by Crippen LogP contribution is -2.15. The quantitative estimate of drug-likeness (QED) is 0.479. The van der Waals surface area contributed by atoms with Gasteiger partial charge in [-0.05, 0) is 56.2 Å². The first kappa shape index (κ1) is 19.8. The van der Waals surface area contributed by atoms with Gasteiger partial charge in [0.05, 0.1) is 5.75 Å². The zero-order chi connectivity index (χ0) is 20.1. The van der Waals surface area contributed by atoms with Crippen LogP contribution in [0.3, 0.4) is 0 Å². The van der Waals surface area contributed by atoms with Crippen molar-refractivity contribution in [3.8, 4) is 11.4 Å². The first-order valence-electron chi connectivity index (χ1n) is 8.91. The normalized spacial score (nSPS) is 10.7. The van der Waals surface area contributed by atoms with Gasteiger partial charge < -0.3 is 5.32 Å². The molecule has 0 aliphatic rings. The van der Waals surface area contributed by atoms with E-state index in [2.05, 4.69) is 33.1 Å². The molecule has 0 aliphatic heterocycles. The molecule has 0 unspecified atom stereocenters. The number of anilines is 1. The maximum atomic E-state index is 12.4. The number of aromatic nitrogens is 4. The predicted octanol–water partition coefficient (Wildman–Crippen LogP) is 4.26. The van der Waals surface area contributed by atoms with Crippen molar-refractivity contribution in [2.24, 2.45) is 0 Å². The van der Waals surface area contributed by atoms with E-state index >= 15 is 0 Å². The number of thioether (sulfide) groups is 1. The van der Waals surface area contributed by atoms with Crippen LogP contribution in [0.25, 0.3) is 11.4 Å². The van der Waals surface area contributed by atoms with Crippen molar-refractivity contribution in [1.29, 1.82) is 0 Å². The SMILES string of the molecule is C=C(C)Cn1c(SCC(=O)Nc2cc(C)cc(C)c2)nnc1-c1ccncc1. The molecule has 6 nitrogen and oxygen atoms in total. The van der Waals surface area contributed by atoms with Gasteiger partial charge in [0, 0.05) is 30.2 Å². The maximum absolute atomic E-state index is 12.4. The molecule has 3 rings (SSSR count). The molecule has 0 spiro atoms. The summed E-state index contributed by atoms with van der Waals surface area (Å²) < 4.78 is 1.98. The first-order valence-corrected chi connectivity index (χ1v) is 9.90. The van der Waals surface area contributed by atoms with Crippen LogP contribution in [0.2, 0.25) is 0 Å². The van der Waals surface area contributed by atoms with Crippen LogP contribution in [0.15, 0.2) is 60.0 Å². The molecule has 7 heteroatoms. The summed E-state index contributed by atoms with van der Waals surface area (Å²) in [4.78, 5) is 16.5. The lowest BCUT2D eigenvalue weighted by atomic mass is 10.1. The average Bonchev–Trinajstić information content (AvgIpc) is 3.01. The Labute approximate surface area is 169 Å². The van der Waals surface area contributed by atoms with Crippen LogP contribution in [0.4, 0.5) is 5.69 Å². The minimum atomic E-state index is -0.0784. The molecular weight excluding hydrogens is 370 g/mol. The number of hydrogen-bond donors (Lipinski definition) is 1. The van der Waals surface area contributed by atoms with Gasteiger partial charge in [-0.3, -0.25) is 14.3 Å². The molecule has 28 heavy (non-hydrogen) atoms. The van der Waals surface area contributed by atoms with Crippen LogP contribution < -0.4 is 5.32 Å². The molecule has 3 aromatic rings. The van der Waals surface area contributed by atoms with Crippen molar-refractivity contribution in [2.45, 2.75) is 32.5 Å². The molecule has 0 radical (unpaired) electrons. The Morgan fingerprint density at radius 3 is 2.46 bits per heavy atom. The summed E-state index contributed by atoms with van der Waals surface area (Å²) in [7, 11) is 0. The van der Waals surface area contributed by atoms with Crippen LogP contribution in [0, 0.1) is 13.8 Å². The number of benzene rings is 1. The molecule has 1 aromatic carbocycles.